The van der Waals surface area contributed by atoms with Crippen LogP contribution in [-0.4, -0.2) is 10.0 Å². The van der Waals surface area contributed by atoms with Crippen molar-refractivity contribution in [3.05, 3.63) is 40.0 Å². The molecular formula is C9H9NO3. The van der Waals surface area contributed by atoms with Crippen LogP contribution < -0.4 is 0 Å². The van der Waals surface area contributed by atoms with Crippen molar-refractivity contribution in [2.24, 2.45) is 0 Å². The maximum absolute atomic E-state index is 10.4. The SMILES string of the molecule is C/C=C/c1cc([N+](=O)[O-])ccc1O. The maximum atomic E-state index is 10.4. The minimum Gasteiger partial charge on any atom is -0.507 e. The van der Waals surface area contributed by atoms with Crippen LogP contribution in [-0.2, 0) is 0 Å². The van der Waals surface area contributed by atoms with E-state index in [4.69, 9.17) is 0 Å². The first kappa shape index (κ1) is 9.25. The Morgan fingerprint density at radius 2 is 2.23 bits per heavy atom. The molecule has 0 saturated carbocycles. The molecule has 0 spiro atoms. The highest BCUT2D eigenvalue weighted by molar-refractivity contribution is 5.60. The van der Waals surface area contributed by atoms with Crippen molar-refractivity contribution in [3.63, 3.8) is 0 Å². The Kier molecular flexibility index (Phi) is 2.64. The van der Waals surface area contributed by atoms with E-state index in [9.17, 15) is 15.2 Å². The van der Waals surface area contributed by atoms with Gasteiger partial charge in [-0.3, -0.25) is 10.1 Å². The van der Waals surface area contributed by atoms with Gasteiger partial charge in [-0.15, -0.1) is 0 Å². The number of nitro benzene ring substituents is 1. The fourth-order valence-electron chi connectivity index (χ4n) is 0.969. The number of nitrogens with zero attached hydrogens (tertiary/aromatic N) is 1. The summed E-state index contributed by atoms with van der Waals surface area (Å²) in [5, 5.41) is 19.6. The monoisotopic (exact) mass is 179 g/mol. The molecule has 0 heterocycles. The molecule has 0 saturated heterocycles. The second kappa shape index (κ2) is 3.71. The molecule has 0 fully saturated rings. The number of benzene rings is 1. The molecule has 0 radical (unpaired) electrons. The highest BCUT2D eigenvalue weighted by Crippen LogP contribution is 2.23. The van der Waals surface area contributed by atoms with E-state index in [2.05, 4.69) is 0 Å². The van der Waals surface area contributed by atoms with E-state index in [1.807, 2.05) is 0 Å². The highest BCUT2D eigenvalue weighted by atomic mass is 16.6. The van der Waals surface area contributed by atoms with Crippen LogP contribution in [0, 0.1) is 10.1 Å². The second-order valence-electron chi connectivity index (χ2n) is 2.50. The van der Waals surface area contributed by atoms with E-state index >= 15 is 0 Å². The summed E-state index contributed by atoms with van der Waals surface area (Å²) in [7, 11) is 0. The van der Waals surface area contributed by atoms with Crippen molar-refractivity contribution in [2.75, 3.05) is 0 Å². The van der Waals surface area contributed by atoms with Gasteiger partial charge in [-0.1, -0.05) is 12.2 Å². The molecule has 0 bridgehead atoms. The first-order chi connectivity index (χ1) is 6.15. The lowest BCUT2D eigenvalue weighted by Gasteiger charge is -1.97. The molecule has 0 aliphatic carbocycles. The number of hydrogen-bond donors (Lipinski definition) is 1. The summed E-state index contributed by atoms with van der Waals surface area (Å²) in [6, 6.07) is 3.91. The Labute approximate surface area is 75.3 Å². The standard InChI is InChI=1S/C9H9NO3/c1-2-3-7-6-8(10(12)13)4-5-9(7)11/h2-6,11H,1H3/b3-2+. The van der Waals surface area contributed by atoms with Gasteiger partial charge in [0.05, 0.1) is 4.92 Å². The van der Waals surface area contributed by atoms with E-state index in [1.54, 1.807) is 19.1 Å². The average molecular weight is 179 g/mol. The summed E-state index contributed by atoms with van der Waals surface area (Å²) in [4.78, 5) is 9.87. The Bertz CT molecular complexity index is 358. The number of phenolic OH excluding ortho intramolecular Hbond substituents is 1. The topological polar surface area (TPSA) is 63.4 Å². The van der Waals surface area contributed by atoms with Crippen LogP contribution in [0.4, 0.5) is 5.69 Å². The molecule has 1 N–H and O–H groups in total. The van der Waals surface area contributed by atoms with Gasteiger partial charge >= 0.3 is 0 Å². The average Bonchev–Trinajstić information content (AvgIpc) is 2.08. The minimum absolute atomic E-state index is 0.0223. The van der Waals surface area contributed by atoms with E-state index in [-0.39, 0.29) is 11.4 Å². The number of phenols is 1. The molecule has 4 heteroatoms. The van der Waals surface area contributed by atoms with Gasteiger partial charge in [0.25, 0.3) is 5.69 Å². The van der Waals surface area contributed by atoms with Gasteiger partial charge in [0.2, 0.25) is 0 Å². The van der Waals surface area contributed by atoms with Gasteiger partial charge in [-0.05, 0) is 13.0 Å². The number of non-ortho nitro benzene ring substituents is 1. The number of aromatic hydroxyl groups is 1. The summed E-state index contributed by atoms with van der Waals surface area (Å²) in [5.74, 6) is 0.0451. The molecule has 1 aromatic rings. The Morgan fingerprint density at radius 1 is 1.54 bits per heavy atom. The molecule has 0 aliphatic heterocycles. The zero-order valence-corrected chi connectivity index (χ0v) is 7.10. The lowest BCUT2D eigenvalue weighted by atomic mass is 10.1. The van der Waals surface area contributed by atoms with Crippen LogP contribution in [0.25, 0.3) is 6.08 Å². The number of nitro groups is 1. The first-order valence-electron chi connectivity index (χ1n) is 3.75. The smallest absolute Gasteiger partial charge is 0.270 e. The van der Waals surface area contributed by atoms with E-state index in [0.717, 1.165) is 0 Å². The number of hydrogen-bond acceptors (Lipinski definition) is 3. The predicted molar refractivity (Wildman–Crippen MR) is 49.5 cm³/mol. The fourth-order valence-corrected chi connectivity index (χ4v) is 0.969. The molecule has 0 unspecified atom stereocenters. The summed E-state index contributed by atoms with van der Waals surface area (Å²) in [6.07, 6.45) is 3.32. The molecule has 68 valence electrons. The summed E-state index contributed by atoms with van der Waals surface area (Å²) < 4.78 is 0. The van der Waals surface area contributed by atoms with Crippen LogP contribution in [0.3, 0.4) is 0 Å². The Balaban J connectivity index is 3.18. The summed E-state index contributed by atoms with van der Waals surface area (Å²) in [6.45, 7) is 1.78. The van der Waals surface area contributed by atoms with Crippen LogP contribution in [0.15, 0.2) is 24.3 Å². The van der Waals surface area contributed by atoms with Gasteiger partial charge in [-0.2, -0.15) is 0 Å². The predicted octanol–water partition coefficient (Wildman–Crippen LogP) is 2.33. The summed E-state index contributed by atoms with van der Waals surface area (Å²) in [5.41, 5.74) is 0.433. The molecule has 0 atom stereocenters. The summed E-state index contributed by atoms with van der Waals surface area (Å²) >= 11 is 0. The van der Waals surface area contributed by atoms with E-state index in [0.29, 0.717) is 5.56 Å². The minimum atomic E-state index is -0.494. The lowest BCUT2D eigenvalue weighted by molar-refractivity contribution is -0.384. The molecule has 1 rings (SSSR count). The molecule has 0 amide bonds. The van der Waals surface area contributed by atoms with Crippen molar-refractivity contribution in [1.82, 2.24) is 0 Å². The lowest BCUT2D eigenvalue weighted by Crippen LogP contribution is -1.87. The van der Waals surface area contributed by atoms with Gasteiger partial charge in [0.15, 0.2) is 0 Å². The molecule has 0 aromatic heterocycles. The second-order valence-corrected chi connectivity index (χ2v) is 2.50. The molecule has 0 aliphatic rings. The van der Waals surface area contributed by atoms with Crippen molar-refractivity contribution in [2.45, 2.75) is 6.92 Å². The van der Waals surface area contributed by atoms with Gasteiger partial charge < -0.3 is 5.11 Å². The van der Waals surface area contributed by atoms with Gasteiger partial charge in [0, 0.05) is 17.7 Å². The Morgan fingerprint density at radius 3 is 2.77 bits per heavy atom. The normalized spacial score (nSPS) is 10.5. The van der Waals surface area contributed by atoms with E-state index < -0.39 is 4.92 Å². The Hall–Kier alpha value is -1.84. The van der Waals surface area contributed by atoms with Gasteiger partial charge in [0.1, 0.15) is 5.75 Å². The fraction of sp³-hybridized carbons (Fsp3) is 0.111. The number of allylic oxidation sites excluding steroid dienone is 1. The van der Waals surface area contributed by atoms with Crippen molar-refractivity contribution < 1.29 is 10.0 Å². The van der Waals surface area contributed by atoms with Crippen molar-refractivity contribution in [3.8, 4) is 5.75 Å². The van der Waals surface area contributed by atoms with Crippen LogP contribution in [0.1, 0.15) is 12.5 Å². The zero-order valence-electron chi connectivity index (χ0n) is 7.10. The maximum Gasteiger partial charge on any atom is 0.270 e. The molecular weight excluding hydrogens is 170 g/mol. The van der Waals surface area contributed by atoms with Crippen molar-refractivity contribution >= 4 is 11.8 Å². The highest BCUT2D eigenvalue weighted by Gasteiger charge is 2.07. The zero-order chi connectivity index (χ0) is 9.84. The molecule has 1 aromatic carbocycles. The molecule has 4 nitrogen and oxygen atoms in total. The third-order valence-electron chi connectivity index (χ3n) is 1.57. The quantitative estimate of drug-likeness (QED) is 0.559. The first-order valence-corrected chi connectivity index (χ1v) is 3.75. The van der Waals surface area contributed by atoms with Crippen LogP contribution in [0.5, 0.6) is 5.75 Å². The van der Waals surface area contributed by atoms with Crippen molar-refractivity contribution in [1.29, 1.82) is 0 Å². The van der Waals surface area contributed by atoms with Crippen LogP contribution >= 0.6 is 0 Å². The van der Waals surface area contributed by atoms with E-state index in [1.165, 1.54) is 18.2 Å². The number of rotatable bonds is 2. The third kappa shape index (κ3) is 2.05. The largest absolute Gasteiger partial charge is 0.507 e. The van der Waals surface area contributed by atoms with Crippen LogP contribution in [0.2, 0.25) is 0 Å². The molecule has 13 heavy (non-hydrogen) atoms. The van der Waals surface area contributed by atoms with Gasteiger partial charge in [-0.25, -0.2) is 0 Å². The third-order valence-corrected chi connectivity index (χ3v) is 1.57.